The lowest BCUT2D eigenvalue weighted by Gasteiger charge is -2.38. The van der Waals surface area contributed by atoms with Gasteiger partial charge in [0.05, 0.1) is 5.69 Å². The summed E-state index contributed by atoms with van der Waals surface area (Å²) in [5.41, 5.74) is 3.14. The number of thiazole rings is 1. The zero-order valence-electron chi connectivity index (χ0n) is 22.8. The van der Waals surface area contributed by atoms with Gasteiger partial charge in [0.2, 0.25) is 0 Å². The summed E-state index contributed by atoms with van der Waals surface area (Å²) in [4.78, 5) is 11.7. The van der Waals surface area contributed by atoms with Crippen LogP contribution in [0.1, 0.15) is 25.8 Å². The largest absolute Gasteiger partial charge is 0.491 e. The Bertz CT molecular complexity index is 1270. The molecule has 1 saturated heterocycles. The Hall–Kier alpha value is -2.49. The van der Waals surface area contributed by atoms with Crippen LogP contribution in [0.5, 0.6) is 5.75 Å². The van der Waals surface area contributed by atoms with Crippen molar-refractivity contribution in [1.82, 2.24) is 14.8 Å². The number of benzene rings is 2. The quantitative estimate of drug-likeness (QED) is 0.220. The number of nitrogens with one attached hydrogen (secondary N) is 1. The number of hydrogen-bond donors (Lipinski definition) is 2. The van der Waals surface area contributed by atoms with E-state index in [4.69, 9.17) is 21.3 Å². The number of aliphatic hydroxyl groups excluding tert-OH is 1. The first-order valence-corrected chi connectivity index (χ1v) is 15.3. The molecule has 1 unspecified atom stereocenters. The maximum atomic E-state index is 10.6. The lowest BCUT2D eigenvalue weighted by atomic mass is 10.2. The fourth-order valence-corrected chi connectivity index (χ4v) is 5.96. The first-order valence-electron chi connectivity index (χ1n) is 13.2. The van der Waals surface area contributed by atoms with Gasteiger partial charge in [-0.05, 0) is 67.1 Å². The van der Waals surface area contributed by atoms with Crippen LogP contribution in [0, 0.1) is 6.92 Å². The Morgan fingerprint density at radius 1 is 1.23 bits per heavy atom. The van der Waals surface area contributed by atoms with Crippen molar-refractivity contribution in [2.45, 2.75) is 38.2 Å². The van der Waals surface area contributed by atoms with E-state index in [0.29, 0.717) is 6.54 Å². The summed E-state index contributed by atoms with van der Waals surface area (Å²) >= 11 is 9.29. The maximum Gasteiger partial charge on any atom is 0.188 e. The van der Waals surface area contributed by atoms with Crippen molar-refractivity contribution in [2.75, 3.05) is 44.6 Å². The number of ether oxygens (including phenoxy) is 1. The van der Waals surface area contributed by atoms with Crippen LogP contribution in [0.3, 0.4) is 0 Å². The minimum absolute atomic E-state index is 0.273. The number of aliphatic hydroxyl groups is 1. The highest BCUT2D eigenvalue weighted by Gasteiger charge is 2.22. The molecule has 1 atom stereocenters. The Kier molecular flexibility index (Phi) is 10.8. The van der Waals surface area contributed by atoms with E-state index in [1.54, 1.807) is 23.1 Å². The number of allylic oxidation sites excluding steroid dienone is 2. The number of β-amino-alcohol motifs (C(OH)–C–C–N with tert-alkyl or cyclic N) is 1. The van der Waals surface area contributed by atoms with E-state index in [1.807, 2.05) is 43.3 Å². The number of halogens is 1. The molecule has 1 aromatic heterocycles. The van der Waals surface area contributed by atoms with Gasteiger partial charge in [-0.25, -0.2) is 4.98 Å². The number of anilines is 1. The Morgan fingerprint density at radius 3 is 2.64 bits per heavy atom. The van der Waals surface area contributed by atoms with E-state index < -0.39 is 6.10 Å². The molecule has 0 amide bonds. The van der Waals surface area contributed by atoms with Crippen LogP contribution in [-0.4, -0.2) is 65.3 Å². The molecule has 6 nitrogen and oxygen atoms in total. The molecule has 39 heavy (non-hydrogen) atoms. The summed E-state index contributed by atoms with van der Waals surface area (Å²) < 4.78 is 5.90. The van der Waals surface area contributed by atoms with Gasteiger partial charge >= 0.3 is 0 Å². The third-order valence-electron chi connectivity index (χ3n) is 6.33. The zero-order chi connectivity index (χ0) is 27.8. The van der Waals surface area contributed by atoms with Gasteiger partial charge < -0.3 is 20.1 Å². The van der Waals surface area contributed by atoms with Gasteiger partial charge in [-0.1, -0.05) is 49.0 Å². The normalized spacial score (nSPS) is 15.3. The van der Waals surface area contributed by atoms with Gasteiger partial charge in [-0.3, -0.25) is 4.90 Å². The Labute approximate surface area is 245 Å². The molecule has 208 valence electrons. The number of aromatic nitrogens is 1. The molecule has 2 aromatic carbocycles. The molecule has 2 heterocycles. The second kappa shape index (κ2) is 14.2. The van der Waals surface area contributed by atoms with Crippen LogP contribution in [-0.2, 0) is 0 Å². The summed E-state index contributed by atoms with van der Waals surface area (Å²) in [5, 5.41) is 17.8. The SMILES string of the molecule is C=C(C)Sc1ccc(OCC(O)CN2CCN(/C(=C/CC)Nc3nc(-c4ccc(Cl)cc4)cs3)CC2)cc1C. The van der Waals surface area contributed by atoms with E-state index in [1.165, 1.54) is 4.90 Å². The van der Waals surface area contributed by atoms with Crippen LogP contribution in [0.25, 0.3) is 11.3 Å². The molecule has 1 aliphatic rings. The second-order valence-electron chi connectivity index (χ2n) is 9.65. The number of thioether (sulfide) groups is 1. The van der Waals surface area contributed by atoms with Crippen molar-refractivity contribution in [1.29, 1.82) is 0 Å². The Balaban J connectivity index is 1.24. The van der Waals surface area contributed by atoms with Crippen molar-refractivity contribution in [2.24, 2.45) is 0 Å². The van der Waals surface area contributed by atoms with E-state index in [-0.39, 0.29) is 6.61 Å². The fraction of sp³-hybridized carbons (Fsp3) is 0.367. The van der Waals surface area contributed by atoms with Gasteiger partial charge in [-0.15, -0.1) is 11.3 Å². The van der Waals surface area contributed by atoms with Crippen molar-refractivity contribution in [3.05, 3.63) is 81.8 Å². The van der Waals surface area contributed by atoms with E-state index in [0.717, 1.165) is 76.1 Å². The lowest BCUT2D eigenvalue weighted by Crippen LogP contribution is -2.49. The van der Waals surface area contributed by atoms with Crippen LogP contribution < -0.4 is 10.1 Å². The minimum Gasteiger partial charge on any atom is -0.491 e. The first-order chi connectivity index (χ1) is 18.8. The molecular formula is C30H37ClN4O2S2. The van der Waals surface area contributed by atoms with Crippen LogP contribution in [0.15, 0.2) is 76.1 Å². The molecule has 0 spiro atoms. The summed E-state index contributed by atoms with van der Waals surface area (Å²) in [5.74, 6) is 1.87. The summed E-state index contributed by atoms with van der Waals surface area (Å²) in [6.45, 7) is 14.5. The van der Waals surface area contributed by atoms with Gasteiger partial charge in [0.25, 0.3) is 0 Å². The number of aryl methyl sites for hydroxylation is 1. The first kappa shape index (κ1) is 29.5. The lowest BCUT2D eigenvalue weighted by molar-refractivity contribution is 0.0517. The summed E-state index contributed by atoms with van der Waals surface area (Å²) in [6, 6.07) is 13.8. The smallest absolute Gasteiger partial charge is 0.188 e. The average Bonchev–Trinajstić information content (AvgIpc) is 3.38. The second-order valence-corrected chi connectivity index (χ2v) is 12.3. The van der Waals surface area contributed by atoms with Crippen LogP contribution >= 0.6 is 34.7 Å². The highest BCUT2D eigenvalue weighted by atomic mass is 35.5. The van der Waals surface area contributed by atoms with E-state index in [2.05, 4.69) is 53.1 Å². The van der Waals surface area contributed by atoms with Crippen molar-refractivity contribution in [3.8, 4) is 17.0 Å². The molecule has 4 rings (SSSR count). The monoisotopic (exact) mass is 584 g/mol. The predicted molar refractivity (Wildman–Crippen MR) is 166 cm³/mol. The van der Waals surface area contributed by atoms with E-state index in [9.17, 15) is 5.11 Å². The third kappa shape index (κ3) is 8.75. The summed E-state index contributed by atoms with van der Waals surface area (Å²) in [7, 11) is 0. The van der Waals surface area contributed by atoms with Crippen LogP contribution in [0.4, 0.5) is 5.13 Å². The molecule has 9 heteroatoms. The molecule has 0 bridgehead atoms. The highest BCUT2D eigenvalue weighted by Crippen LogP contribution is 2.30. The van der Waals surface area contributed by atoms with Gasteiger partial charge in [0, 0.05) is 53.6 Å². The van der Waals surface area contributed by atoms with Crippen molar-refractivity contribution < 1.29 is 9.84 Å². The molecule has 2 N–H and O–H groups in total. The van der Waals surface area contributed by atoms with Gasteiger partial charge in [0.1, 0.15) is 24.3 Å². The minimum atomic E-state index is -0.549. The third-order valence-corrected chi connectivity index (χ3v) is 8.37. The molecule has 0 aliphatic carbocycles. The zero-order valence-corrected chi connectivity index (χ0v) is 25.2. The van der Waals surface area contributed by atoms with Crippen molar-refractivity contribution in [3.63, 3.8) is 0 Å². The maximum absolute atomic E-state index is 10.6. The van der Waals surface area contributed by atoms with Crippen LogP contribution in [0.2, 0.25) is 5.02 Å². The highest BCUT2D eigenvalue weighted by molar-refractivity contribution is 8.03. The number of hydrogen-bond acceptors (Lipinski definition) is 8. The number of nitrogens with zero attached hydrogens (tertiary/aromatic N) is 3. The number of piperazine rings is 1. The molecule has 0 radical (unpaired) electrons. The Morgan fingerprint density at radius 2 is 1.97 bits per heavy atom. The molecule has 0 saturated carbocycles. The molecule has 3 aromatic rings. The van der Waals surface area contributed by atoms with Crippen molar-refractivity contribution >= 4 is 39.8 Å². The van der Waals surface area contributed by atoms with E-state index >= 15 is 0 Å². The standard InChI is InChI=1S/C30H37ClN4O2S2/c1-5-6-29(33-30-32-27(20-38-30)23-7-9-24(31)10-8-23)35-15-13-34(14-16-35)18-25(36)19-37-26-11-12-28(22(4)17-26)39-21(2)3/h6-12,17,20,25,36H,2,5,13-16,18-19H2,1,3-4H3,(H,32,33)/b29-6+. The molecule has 1 aliphatic heterocycles. The predicted octanol–water partition coefficient (Wildman–Crippen LogP) is 7.12. The average molecular weight is 585 g/mol. The fourth-order valence-electron chi connectivity index (χ4n) is 4.37. The topological polar surface area (TPSA) is 60.9 Å². The molecular weight excluding hydrogens is 548 g/mol. The van der Waals surface area contributed by atoms with Gasteiger partial charge in [-0.2, -0.15) is 0 Å². The number of rotatable bonds is 12. The van der Waals surface area contributed by atoms with Gasteiger partial charge in [0.15, 0.2) is 5.13 Å². The summed E-state index contributed by atoms with van der Waals surface area (Å²) in [6.07, 6.45) is 2.59. The molecule has 1 fully saturated rings.